The topological polar surface area (TPSA) is 48.1 Å². The van der Waals surface area contributed by atoms with Crippen molar-refractivity contribution in [2.45, 2.75) is 13.3 Å². The molecule has 0 radical (unpaired) electrons. The molecule has 1 heterocycles. The molecule has 0 fully saturated rings. The van der Waals surface area contributed by atoms with Crippen molar-refractivity contribution >= 4 is 0 Å². The van der Waals surface area contributed by atoms with Crippen LogP contribution in [0.5, 0.6) is 5.75 Å². The number of aromatic nitrogens is 1. The number of alkyl halides is 1. The Morgan fingerprint density at radius 1 is 1.50 bits per heavy atom. The molecule has 78 valence electrons. The lowest BCUT2D eigenvalue weighted by Crippen LogP contribution is -2.09. The van der Waals surface area contributed by atoms with Gasteiger partial charge in [-0.05, 0) is 25.6 Å². The summed E-state index contributed by atoms with van der Waals surface area (Å²) >= 11 is 0. The Morgan fingerprint density at radius 2 is 2.29 bits per heavy atom. The third-order valence-corrected chi connectivity index (χ3v) is 1.79. The zero-order chi connectivity index (χ0) is 10.4. The molecule has 4 heteroatoms. The first-order valence-electron chi connectivity index (χ1n) is 4.63. The van der Waals surface area contributed by atoms with Crippen LogP contribution in [0.25, 0.3) is 0 Å². The minimum atomic E-state index is -0.490. The van der Waals surface area contributed by atoms with Crippen LogP contribution in [0.15, 0.2) is 12.1 Å². The van der Waals surface area contributed by atoms with Gasteiger partial charge in [0.05, 0.1) is 5.69 Å². The van der Waals surface area contributed by atoms with E-state index in [2.05, 4.69) is 4.98 Å². The molecule has 1 aromatic rings. The van der Waals surface area contributed by atoms with Gasteiger partial charge < -0.3 is 10.5 Å². The highest BCUT2D eigenvalue weighted by atomic mass is 19.1. The Morgan fingerprint density at radius 3 is 2.93 bits per heavy atom. The maximum absolute atomic E-state index is 11.9. The number of halogens is 1. The van der Waals surface area contributed by atoms with Crippen molar-refractivity contribution in [3.63, 3.8) is 0 Å². The van der Waals surface area contributed by atoms with Crippen LogP contribution in [0.4, 0.5) is 4.39 Å². The van der Waals surface area contributed by atoms with Crippen molar-refractivity contribution in [1.29, 1.82) is 0 Å². The number of nitrogens with zero attached hydrogens (tertiary/aromatic N) is 1. The van der Waals surface area contributed by atoms with Crippen molar-refractivity contribution < 1.29 is 9.13 Å². The van der Waals surface area contributed by atoms with Crippen LogP contribution >= 0.6 is 0 Å². The molecule has 0 saturated heterocycles. The summed E-state index contributed by atoms with van der Waals surface area (Å²) in [6, 6.07) is 3.65. The fourth-order valence-electron chi connectivity index (χ4n) is 1.19. The van der Waals surface area contributed by atoms with E-state index in [0.717, 1.165) is 11.4 Å². The van der Waals surface area contributed by atoms with Crippen LogP contribution in [0.3, 0.4) is 0 Å². The fourth-order valence-corrected chi connectivity index (χ4v) is 1.19. The Balaban J connectivity index is 2.78. The Hall–Kier alpha value is -1.16. The third kappa shape index (κ3) is 2.96. The van der Waals surface area contributed by atoms with Gasteiger partial charge in [-0.3, -0.25) is 4.98 Å². The number of nitrogens with two attached hydrogens (primary N) is 1. The van der Waals surface area contributed by atoms with Crippen LogP contribution in [-0.4, -0.2) is 24.8 Å². The second-order valence-electron chi connectivity index (χ2n) is 2.97. The summed E-state index contributed by atoms with van der Waals surface area (Å²) in [6.07, 6.45) is 0.656. The first-order chi connectivity index (χ1) is 6.77. The molecular formula is C10H15FN2O. The number of hydrogen-bond donors (Lipinski definition) is 1. The van der Waals surface area contributed by atoms with E-state index in [1.165, 1.54) is 0 Å². The third-order valence-electron chi connectivity index (χ3n) is 1.79. The molecule has 0 atom stereocenters. The van der Waals surface area contributed by atoms with Crippen molar-refractivity contribution in [1.82, 2.24) is 4.98 Å². The number of pyridine rings is 1. The highest BCUT2D eigenvalue weighted by molar-refractivity contribution is 5.29. The minimum Gasteiger partial charge on any atom is -0.489 e. The van der Waals surface area contributed by atoms with Crippen molar-refractivity contribution in [2.24, 2.45) is 5.73 Å². The van der Waals surface area contributed by atoms with Gasteiger partial charge in [0.25, 0.3) is 0 Å². The van der Waals surface area contributed by atoms with E-state index in [4.69, 9.17) is 10.5 Å². The molecule has 3 nitrogen and oxygen atoms in total. The maximum Gasteiger partial charge on any atom is 0.140 e. The predicted molar refractivity (Wildman–Crippen MR) is 53.2 cm³/mol. The summed E-state index contributed by atoms with van der Waals surface area (Å²) < 4.78 is 17.1. The molecule has 0 amide bonds. The van der Waals surface area contributed by atoms with Gasteiger partial charge in [0, 0.05) is 12.1 Å². The molecule has 1 aromatic heterocycles. The summed E-state index contributed by atoms with van der Waals surface area (Å²) in [5, 5.41) is 0. The van der Waals surface area contributed by atoms with Crippen LogP contribution < -0.4 is 10.5 Å². The number of rotatable bonds is 5. The quantitative estimate of drug-likeness (QED) is 0.774. The zero-order valence-corrected chi connectivity index (χ0v) is 8.29. The second kappa shape index (κ2) is 5.54. The molecule has 0 aliphatic rings. The Bertz CT molecular complexity index is 291. The van der Waals surface area contributed by atoms with E-state index >= 15 is 0 Å². The highest BCUT2D eigenvalue weighted by Gasteiger charge is 2.04. The lowest BCUT2D eigenvalue weighted by Gasteiger charge is -2.09. The summed E-state index contributed by atoms with van der Waals surface area (Å²) in [6.45, 7) is 2.00. The van der Waals surface area contributed by atoms with Gasteiger partial charge in [-0.2, -0.15) is 0 Å². The predicted octanol–water partition coefficient (Wildman–Crippen LogP) is 1.24. The van der Waals surface area contributed by atoms with E-state index in [-0.39, 0.29) is 6.61 Å². The molecule has 0 bridgehead atoms. The SMILES string of the molecule is Cc1ccc(OCCF)c(CCN)n1. The molecule has 1 rings (SSSR count). The van der Waals surface area contributed by atoms with Gasteiger partial charge >= 0.3 is 0 Å². The van der Waals surface area contributed by atoms with Crippen LogP contribution in [0.2, 0.25) is 0 Å². The standard InChI is InChI=1S/C10H15FN2O/c1-8-2-3-10(14-7-5-11)9(13-8)4-6-12/h2-3H,4-7,12H2,1H3. The minimum absolute atomic E-state index is 0.0717. The van der Waals surface area contributed by atoms with Crippen molar-refractivity contribution in [3.05, 3.63) is 23.5 Å². The van der Waals surface area contributed by atoms with E-state index < -0.39 is 6.67 Å². The summed E-state index contributed by atoms with van der Waals surface area (Å²) in [5.74, 6) is 0.638. The molecule has 0 unspecified atom stereocenters. The average Bonchev–Trinajstić information content (AvgIpc) is 2.17. The van der Waals surface area contributed by atoms with Crippen molar-refractivity contribution in [3.8, 4) is 5.75 Å². The van der Waals surface area contributed by atoms with Gasteiger partial charge in [-0.25, -0.2) is 4.39 Å². The number of hydrogen-bond acceptors (Lipinski definition) is 3. The smallest absolute Gasteiger partial charge is 0.140 e. The second-order valence-corrected chi connectivity index (χ2v) is 2.97. The van der Waals surface area contributed by atoms with Gasteiger partial charge in [-0.1, -0.05) is 0 Å². The van der Waals surface area contributed by atoms with Crippen molar-refractivity contribution in [2.75, 3.05) is 19.8 Å². The lowest BCUT2D eigenvalue weighted by atomic mass is 10.2. The Labute approximate surface area is 83.1 Å². The van der Waals surface area contributed by atoms with Gasteiger partial charge in [0.15, 0.2) is 0 Å². The zero-order valence-electron chi connectivity index (χ0n) is 8.29. The molecule has 0 aliphatic carbocycles. The van der Waals surface area contributed by atoms with E-state index in [9.17, 15) is 4.39 Å². The molecule has 0 spiro atoms. The molecular weight excluding hydrogens is 183 g/mol. The number of aryl methyl sites for hydroxylation is 1. The highest BCUT2D eigenvalue weighted by Crippen LogP contribution is 2.16. The summed E-state index contributed by atoms with van der Waals surface area (Å²) in [7, 11) is 0. The first-order valence-corrected chi connectivity index (χ1v) is 4.63. The van der Waals surface area contributed by atoms with Gasteiger partial charge in [-0.15, -0.1) is 0 Å². The van der Waals surface area contributed by atoms with Gasteiger partial charge in [0.2, 0.25) is 0 Å². The molecule has 14 heavy (non-hydrogen) atoms. The molecule has 2 N–H and O–H groups in total. The molecule has 0 aromatic carbocycles. The lowest BCUT2D eigenvalue weighted by molar-refractivity contribution is 0.270. The summed E-state index contributed by atoms with van der Waals surface area (Å²) in [5.41, 5.74) is 7.16. The average molecular weight is 198 g/mol. The van der Waals surface area contributed by atoms with E-state index in [1.54, 1.807) is 0 Å². The maximum atomic E-state index is 11.9. The first kappa shape index (κ1) is 10.9. The largest absolute Gasteiger partial charge is 0.489 e. The van der Waals surface area contributed by atoms with E-state index in [0.29, 0.717) is 18.7 Å². The molecule has 0 saturated carbocycles. The Kier molecular flexibility index (Phi) is 4.32. The van der Waals surface area contributed by atoms with Gasteiger partial charge in [0.1, 0.15) is 19.0 Å². The number of ether oxygens (including phenoxy) is 1. The monoisotopic (exact) mass is 198 g/mol. The summed E-state index contributed by atoms with van der Waals surface area (Å²) in [4.78, 5) is 4.29. The van der Waals surface area contributed by atoms with Crippen LogP contribution in [-0.2, 0) is 6.42 Å². The normalized spacial score (nSPS) is 10.2. The van der Waals surface area contributed by atoms with Crippen LogP contribution in [0.1, 0.15) is 11.4 Å². The van der Waals surface area contributed by atoms with Crippen LogP contribution in [0, 0.1) is 6.92 Å². The fraction of sp³-hybridized carbons (Fsp3) is 0.500. The van der Waals surface area contributed by atoms with E-state index in [1.807, 2.05) is 19.1 Å². The molecule has 0 aliphatic heterocycles.